The lowest BCUT2D eigenvalue weighted by Gasteiger charge is -2.15. The molecule has 2 N–H and O–H groups in total. The van der Waals surface area contributed by atoms with Gasteiger partial charge in [0, 0.05) is 18.3 Å². The summed E-state index contributed by atoms with van der Waals surface area (Å²) in [6.45, 7) is 8.64. The van der Waals surface area contributed by atoms with Crippen molar-refractivity contribution in [2.45, 2.75) is 26.5 Å². The molecule has 2 aromatic carbocycles. The Morgan fingerprint density at radius 1 is 1.19 bits per heavy atom. The van der Waals surface area contributed by atoms with E-state index in [1.54, 1.807) is 13.2 Å². The van der Waals surface area contributed by atoms with Crippen LogP contribution in [0.4, 0.5) is 5.69 Å². The maximum Gasteiger partial charge on any atom is 0.171 e. The van der Waals surface area contributed by atoms with Gasteiger partial charge in [-0.3, -0.25) is 0 Å². The van der Waals surface area contributed by atoms with Crippen molar-refractivity contribution in [3.63, 3.8) is 0 Å². The van der Waals surface area contributed by atoms with Crippen molar-refractivity contribution < 1.29 is 14.2 Å². The number of rotatable bonds is 9. The molecule has 27 heavy (non-hydrogen) atoms. The van der Waals surface area contributed by atoms with E-state index in [0.717, 1.165) is 22.7 Å². The Hall–Kier alpha value is -2.73. The Bertz CT molecular complexity index is 778. The molecule has 0 fully saturated rings. The highest BCUT2D eigenvalue weighted by Gasteiger charge is 2.08. The van der Waals surface area contributed by atoms with Crippen molar-refractivity contribution in [1.29, 1.82) is 0 Å². The lowest BCUT2D eigenvalue weighted by Crippen LogP contribution is -2.27. The molecule has 0 radical (unpaired) electrons. The summed E-state index contributed by atoms with van der Waals surface area (Å²) >= 11 is 5.37. The molecule has 0 aliphatic heterocycles. The Morgan fingerprint density at radius 2 is 2.00 bits per heavy atom. The molecule has 2 aromatic rings. The fourth-order valence-corrected chi connectivity index (χ4v) is 2.54. The molecule has 0 amide bonds. The minimum Gasteiger partial charge on any atom is -0.493 e. The van der Waals surface area contributed by atoms with Crippen LogP contribution < -0.4 is 24.8 Å². The molecule has 0 aliphatic carbocycles. The minimum absolute atomic E-state index is 0.0888. The number of hydrogen-bond donors (Lipinski definition) is 2. The lowest BCUT2D eigenvalue weighted by atomic mass is 10.2. The van der Waals surface area contributed by atoms with E-state index in [2.05, 4.69) is 17.2 Å². The molecule has 2 rings (SSSR count). The third kappa shape index (κ3) is 6.83. The van der Waals surface area contributed by atoms with Crippen molar-refractivity contribution in [3.8, 4) is 17.2 Å². The first-order chi connectivity index (χ1) is 13.0. The second-order valence-corrected chi connectivity index (χ2v) is 6.50. The quantitative estimate of drug-likeness (QED) is 0.488. The van der Waals surface area contributed by atoms with Gasteiger partial charge in [-0.2, -0.15) is 0 Å². The van der Waals surface area contributed by atoms with E-state index in [1.807, 2.05) is 56.3 Å². The summed E-state index contributed by atoms with van der Waals surface area (Å²) in [5.74, 6) is 2.19. The van der Waals surface area contributed by atoms with Crippen LogP contribution in [0.15, 0.2) is 55.1 Å². The molecule has 0 saturated heterocycles. The van der Waals surface area contributed by atoms with Gasteiger partial charge in [0.1, 0.15) is 12.4 Å². The van der Waals surface area contributed by atoms with E-state index in [1.165, 1.54) is 0 Å². The summed E-state index contributed by atoms with van der Waals surface area (Å²) in [7, 11) is 1.63. The number of ether oxygens (including phenoxy) is 3. The van der Waals surface area contributed by atoms with Crippen LogP contribution in [0, 0.1) is 0 Å². The smallest absolute Gasteiger partial charge is 0.171 e. The molecule has 0 heterocycles. The van der Waals surface area contributed by atoms with E-state index in [4.69, 9.17) is 26.4 Å². The van der Waals surface area contributed by atoms with E-state index in [9.17, 15) is 0 Å². The van der Waals surface area contributed by atoms with Gasteiger partial charge in [-0.15, -0.1) is 0 Å². The van der Waals surface area contributed by atoms with Gasteiger partial charge in [0.05, 0.1) is 13.2 Å². The van der Waals surface area contributed by atoms with Crippen LogP contribution in [0.1, 0.15) is 19.4 Å². The van der Waals surface area contributed by atoms with Crippen LogP contribution >= 0.6 is 12.2 Å². The lowest BCUT2D eigenvalue weighted by molar-refractivity contribution is 0.230. The van der Waals surface area contributed by atoms with Crippen molar-refractivity contribution in [1.82, 2.24) is 5.32 Å². The zero-order valence-corrected chi connectivity index (χ0v) is 16.8. The summed E-state index contributed by atoms with van der Waals surface area (Å²) < 4.78 is 16.7. The average Bonchev–Trinajstić information content (AvgIpc) is 2.65. The maximum absolute atomic E-state index is 5.73. The summed E-state index contributed by atoms with van der Waals surface area (Å²) in [5.41, 5.74) is 1.89. The van der Waals surface area contributed by atoms with E-state index in [0.29, 0.717) is 24.0 Å². The predicted octanol–water partition coefficient (Wildman–Crippen LogP) is 4.53. The molecule has 0 atom stereocenters. The third-order valence-corrected chi connectivity index (χ3v) is 3.75. The van der Waals surface area contributed by atoms with Crippen molar-refractivity contribution >= 4 is 23.0 Å². The summed E-state index contributed by atoms with van der Waals surface area (Å²) in [6, 6.07) is 13.4. The largest absolute Gasteiger partial charge is 0.493 e. The summed E-state index contributed by atoms with van der Waals surface area (Å²) in [6.07, 6.45) is 1.80. The highest BCUT2D eigenvalue weighted by atomic mass is 32.1. The molecule has 5 nitrogen and oxygen atoms in total. The molecule has 0 bridgehead atoms. The Kier molecular flexibility index (Phi) is 7.95. The topological polar surface area (TPSA) is 51.8 Å². The van der Waals surface area contributed by atoms with E-state index < -0.39 is 0 Å². The number of benzene rings is 2. The Balaban J connectivity index is 1.92. The highest BCUT2D eigenvalue weighted by molar-refractivity contribution is 7.80. The first-order valence-electron chi connectivity index (χ1n) is 8.74. The van der Waals surface area contributed by atoms with Crippen LogP contribution in [0.25, 0.3) is 0 Å². The van der Waals surface area contributed by atoms with Gasteiger partial charge in [-0.05, 0) is 55.9 Å². The van der Waals surface area contributed by atoms with Crippen LogP contribution in [-0.4, -0.2) is 24.9 Å². The van der Waals surface area contributed by atoms with Crippen LogP contribution in [-0.2, 0) is 6.54 Å². The van der Waals surface area contributed by atoms with E-state index >= 15 is 0 Å². The second kappa shape index (κ2) is 10.4. The van der Waals surface area contributed by atoms with Gasteiger partial charge in [-0.25, -0.2) is 0 Å². The number of anilines is 1. The molecule has 0 saturated carbocycles. The zero-order chi connectivity index (χ0) is 19.6. The van der Waals surface area contributed by atoms with Gasteiger partial charge < -0.3 is 24.8 Å². The zero-order valence-electron chi connectivity index (χ0n) is 16.0. The van der Waals surface area contributed by atoms with Gasteiger partial charge in [0.2, 0.25) is 0 Å². The van der Waals surface area contributed by atoms with Crippen molar-refractivity contribution in [3.05, 3.63) is 60.7 Å². The Labute approximate surface area is 166 Å². The molecule has 0 spiro atoms. The highest BCUT2D eigenvalue weighted by Crippen LogP contribution is 2.29. The third-order valence-electron chi connectivity index (χ3n) is 3.50. The maximum atomic E-state index is 5.73. The SMILES string of the molecule is C=CCOc1cccc(NC(=S)NCc2ccc(OC(C)C)c(OC)c2)c1. The fraction of sp³-hybridized carbons (Fsp3) is 0.286. The summed E-state index contributed by atoms with van der Waals surface area (Å²) in [5, 5.41) is 6.87. The summed E-state index contributed by atoms with van der Waals surface area (Å²) in [4.78, 5) is 0. The molecule has 0 aliphatic rings. The monoisotopic (exact) mass is 386 g/mol. The van der Waals surface area contributed by atoms with Gasteiger partial charge in [-0.1, -0.05) is 24.8 Å². The van der Waals surface area contributed by atoms with Crippen LogP contribution in [0.5, 0.6) is 17.2 Å². The average molecular weight is 387 g/mol. The van der Waals surface area contributed by atoms with E-state index in [-0.39, 0.29) is 6.10 Å². The van der Waals surface area contributed by atoms with Crippen molar-refractivity contribution in [2.24, 2.45) is 0 Å². The van der Waals surface area contributed by atoms with Gasteiger partial charge in [0.15, 0.2) is 16.6 Å². The molecular formula is C21H26N2O3S. The standard InChI is InChI=1S/C21H26N2O3S/c1-5-11-25-18-8-6-7-17(13-18)23-21(27)22-14-16-9-10-19(26-15(2)3)20(12-16)24-4/h5-10,12-13,15H,1,11,14H2,2-4H3,(H2,22,23,27). The molecular weight excluding hydrogens is 360 g/mol. The molecule has 0 unspecified atom stereocenters. The van der Waals surface area contributed by atoms with Crippen LogP contribution in [0.2, 0.25) is 0 Å². The molecule has 6 heteroatoms. The predicted molar refractivity (Wildman–Crippen MR) is 114 cm³/mol. The molecule has 0 aromatic heterocycles. The van der Waals surface area contributed by atoms with Crippen molar-refractivity contribution in [2.75, 3.05) is 19.0 Å². The number of nitrogens with one attached hydrogen (secondary N) is 2. The van der Waals surface area contributed by atoms with Gasteiger partial charge in [0.25, 0.3) is 0 Å². The first-order valence-corrected chi connectivity index (χ1v) is 9.15. The minimum atomic E-state index is 0.0888. The Morgan fingerprint density at radius 3 is 2.70 bits per heavy atom. The second-order valence-electron chi connectivity index (χ2n) is 6.09. The number of thiocarbonyl (C=S) groups is 1. The fourth-order valence-electron chi connectivity index (χ4n) is 2.35. The number of hydrogen-bond acceptors (Lipinski definition) is 4. The van der Waals surface area contributed by atoms with Gasteiger partial charge >= 0.3 is 0 Å². The van der Waals surface area contributed by atoms with Crippen LogP contribution in [0.3, 0.4) is 0 Å². The number of methoxy groups -OCH3 is 1. The molecule has 144 valence electrons. The normalized spacial score (nSPS) is 10.2. The first kappa shape index (κ1) is 20.6.